The molecule has 15 heavy (non-hydrogen) atoms. The van der Waals surface area contributed by atoms with Crippen LogP contribution in [-0.2, 0) is 11.2 Å². The van der Waals surface area contributed by atoms with Crippen molar-refractivity contribution in [2.75, 3.05) is 0 Å². The van der Waals surface area contributed by atoms with Crippen LogP contribution < -0.4 is 5.73 Å². The summed E-state index contributed by atoms with van der Waals surface area (Å²) in [6, 6.07) is 1.97. The standard InChI is InChI=1S/C9H8Cl3NO2/c10-4-1-6(11)5(7(12)2-4)3-8(13)9(14)15/h1-2,8H,3,13H2,(H,14,15)/t8-/m0/s1. The third-order valence-electron chi connectivity index (χ3n) is 1.85. The molecule has 1 aromatic carbocycles. The van der Waals surface area contributed by atoms with E-state index in [0.717, 1.165) is 0 Å². The van der Waals surface area contributed by atoms with E-state index in [-0.39, 0.29) is 6.42 Å². The Labute approximate surface area is 102 Å². The summed E-state index contributed by atoms with van der Waals surface area (Å²) in [5.41, 5.74) is 5.87. The van der Waals surface area contributed by atoms with Gasteiger partial charge in [-0.3, -0.25) is 4.79 Å². The highest BCUT2D eigenvalue weighted by Crippen LogP contribution is 2.29. The van der Waals surface area contributed by atoms with E-state index >= 15 is 0 Å². The van der Waals surface area contributed by atoms with Crippen molar-refractivity contribution in [1.82, 2.24) is 0 Å². The van der Waals surface area contributed by atoms with Gasteiger partial charge in [-0.25, -0.2) is 0 Å². The third kappa shape index (κ3) is 3.24. The summed E-state index contributed by atoms with van der Waals surface area (Å²) in [7, 11) is 0. The molecule has 0 saturated carbocycles. The fourth-order valence-corrected chi connectivity index (χ4v) is 2.05. The van der Waals surface area contributed by atoms with Crippen LogP contribution >= 0.6 is 34.8 Å². The van der Waals surface area contributed by atoms with Gasteiger partial charge in [-0.1, -0.05) is 34.8 Å². The molecular formula is C9H8Cl3NO2. The lowest BCUT2D eigenvalue weighted by atomic mass is 10.1. The first-order valence-corrected chi connectivity index (χ1v) is 5.17. The quantitative estimate of drug-likeness (QED) is 0.886. The van der Waals surface area contributed by atoms with E-state index in [2.05, 4.69) is 0 Å². The van der Waals surface area contributed by atoms with Crippen LogP contribution in [0, 0.1) is 0 Å². The molecule has 0 aliphatic heterocycles. The lowest BCUT2D eigenvalue weighted by Gasteiger charge is -2.10. The molecule has 0 aromatic heterocycles. The van der Waals surface area contributed by atoms with Crippen LogP contribution in [-0.4, -0.2) is 17.1 Å². The minimum Gasteiger partial charge on any atom is -0.480 e. The van der Waals surface area contributed by atoms with Crippen molar-refractivity contribution in [2.45, 2.75) is 12.5 Å². The predicted octanol–water partition coefficient (Wildman–Crippen LogP) is 2.60. The van der Waals surface area contributed by atoms with E-state index in [4.69, 9.17) is 45.6 Å². The molecular weight excluding hydrogens is 260 g/mol. The Balaban J connectivity index is 3.00. The average molecular weight is 269 g/mol. The fourth-order valence-electron chi connectivity index (χ4n) is 1.07. The molecule has 3 N–H and O–H groups in total. The first kappa shape index (κ1) is 12.6. The molecule has 0 heterocycles. The van der Waals surface area contributed by atoms with Crippen molar-refractivity contribution < 1.29 is 9.90 Å². The van der Waals surface area contributed by atoms with E-state index in [1.807, 2.05) is 0 Å². The first-order valence-electron chi connectivity index (χ1n) is 4.03. The van der Waals surface area contributed by atoms with Gasteiger partial charge in [0.15, 0.2) is 0 Å². The second-order valence-electron chi connectivity index (χ2n) is 3.00. The number of benzene rings is 1. The highest BCUT2D eigenvalue weighted by Gasteiger charge is 2.16. The lowest BCUT2D eigenvalue weighted by Crippen LogP contribution is -2.32. The molecule has 0 unspecified atom stereocenters. The Kier molecular flexibility index (Phi) is 4.22. The summed E-state index contributed by atoms with van der Waals surface area (Å²) < 4.78 is 0. The van der Waals surface area contributed by atoms with Crippen LogP contribution in [0.5, 0.6) is 0 Å². The van der Waals surface area contributed by atoms with Gasteiger partial charge >= 0.3 is 5.97 Å². The number of hydrogen-bond donors (Lipinski definition) is 2. The van der Waals surface area contributed by atoms with Crippen LogP contribution in [0.15, 0.2) is 12.1 Å². The summed E-state index contributed by atoms with van der Waals surface area (Å²) in [4.78, 5) is 10.6. The molecule has 0 spiro atoms. The molecule has 6 heteroatoms. The lowest BCUT2D eigenvalue weighted by molar-refractivity contribution is -0.138. The van der Waals surface area contributed by atoms with Crippen molar-refractivity contribution >= 4 is 40.8 Å². The van der Waals surface area contributed by atoms with Crippen LogP contribution in [0.2, 0.25) is 15.1 Å². The number of hydrogen-bond acceptors (Lipinski definition) is 2. The maximum Gasteiger partial charge on any atom is 0.320 e. The first-order chi connectivity index (χ1) is 6.91. The average Bonchev–Trinajstić information content (AvgIpc) is 2.10. The molecule has 1 rings (SSSR count). The van der Waals surface area contributed by atoms with Gasteiger partial charge in [-0.2, -0.15) is 0 Å². The van der Waals surface area contributed by atoms with E-state index < -0.39 is 12.0 Å². The van der Waals surface area contributed by atoms with E-state index in [0.29, 0.717) is 20.6 Å². The zero-order valence-electron chi connectivity index (χ0n) is 7.51. The molecule has 0 saturated heterocycles. The van der Waals surface area contributed by atoms with Gasteiger partial charge in [0.2, 0.25) is 0 Å². The van der Waals surface area contributed by atoms with Crippen molar-refractivity contribution in [3.8, 4) is 0 Å². The zero-order valence-corrected chi connectivity index (χ0v) is 9.77. The number of carboxylic acids is 1. The molecule has 0 fully saturated rings. The second-order valence-corrected chi connectivity index (χ2v) is 4.25. The molecule has 0 aliphatic carbocycles. The largest absolute Gasteiger partial charge is 0.480 e. The van der Waals surface area contributed by atoms with Crippen LogP contribution in [0.25, 0.3) is 0 Å². The van der Waals surface area contributed by atoms with Crippen molar-refractivity contribution in [1.29, 1.82) is 0 Å². The highest BCUT2D eigenvalue weighted by atomic mass is 35.5. The molecule has 0 amide bonds. The minimum atomic E-state index is -1.10. The Hall–Kier alpha value is -0.480. The molecule has 0 bridgehead atoms. The minimum absolute atomic E-state index is 0.0736. The Morgan fingerprint density at radius 3 is 2.20 bits per heavy atom. The SMILES string of the molecule is N[C@@H](Cc1c(Cl)cc(Cl)cc1Cl)C(=O)O. The second kappa shape index (κ2) is 5.03. The van der Waals surface area contributed by atoms with E-state index in [1.165, 1.54) is 12.1 Å². The van der Waals surface area contributed by atoms with Crippen molar-refractivity contribution in [3.63, 3.8) is 0 Å². The molecule has 1 atom stereocenters. The number of aliphatic carboxylic acids is 1. The Morgan fingerprint density at radius 2 is 1.80 bits per heavy atom. The highest BCUT2D eigenvalue weighted by molar-refractivity contribution is 6.39. The van der Waals surface area contributed by atoms with Crippen LogP contribution in [0.1, 0.15) is 5.56 Å². The Morgan fingerprint density at radius 1 is 1.33 bits per heavy atom. The summed E-state index contributed by atoms with van der Waals surface area (Å²) in [5.74, 6) is -1.10. The van der Waals surface area contributed by atoms with Gasteiger partial charge in [0, 0.05) is 21.5 Å². The number of nitrogens with two attached hydrogens (primary N) is 1. The van der Waals surface area contributed by atoms with Gasteiger partial charge in [-0.15, -0.1) is 0 Å². The van der Waals surface area contributed by atoms with Gasteiger partial charge in [0.1, 0.15) is 6.04 Å². The van der Waals surface area contributed by atoms with Gasteiger partial charge in [-0.05, 0) is 17.7 Å². The smallest absolute Gasteiger partial charge is 0.320 e. The van der Waals surface area contributed by atoms with Gasteiger partial charge < -0.3 is 10.8 Å². The normalized spacial score (nSPS) is 12.5. The molecule has 0 radical (unpaired) electrons. The molecule has 82 valence electrons. The van der Waals surface area contributed by atoms with Crippen LogP contribution in [0.3, 0.4) is 0 Å². The summed E-state index contributed by atoms with van der Waals surface area (Å²) in [6.07, 6.45) is 0.0736. The third-order valence-corrected chi connectivity index (χ3v) is 2.74. The van der Waals surface area contributed by atoms with Crippen molar-refractivity contribution in [3.05, 3.63) is 32.8 Å². The predicted molar refractivity (Wildman–Crippen MR) is 60.8 cm³/mol. The maximum atomic E-state index is 10.6. The number of carboxylic acid groups (broad SMARTS) is 1. The van der Waals surface area contributed by atoms with E-state index in [1.54, 1.807) is 0 Å². The Bertz CT molecular complexity index is 372. The monoisotopic (exact) mass is 267 g/mol. The number of carbonyl (C=O) groups is 1. The zero-order chi connectivity index (χ0) is 11.6. The molecule has 1 aromatic rings. The molecule has 3 nitrogen and oxygen atoms in total. The van der Waals surface area contributed by atoms with Gasteiger partial charge in [0.05, 0.1) is 0 Å². The summed E-state index contributed by atoms with van der Waals surface area (Å²) in [6.45, 7) is 0. The van der Waals surface area contributed by atoms with E-state index in [9.17, 15) is 4.79 Å². The summed E-state index contributed by atoms with van der Waals surface area (Å²) in [5, 5.41) is 9.69. The summed E-state index contributed by atoms with van der Waals surface area (Å²) >= 11 is 17.4. The van der Waals surface area contributed by atoms with Crippen LogP contribution in [0.4, 0.5) is 0 Å². The number of halogens is 3. The topological polar surface area (TPSA) is 63.3 Å². The van der Waals surface area contributed by atoms with Gasteiger partial charge in [0.25, 0.3) is 0 Å². The van der Waals surface area contributed by atoms with Crippen molar-refractivity contribution in [2.24, 2.45) is 5.73 Å². The number of rotatable bonds is 3. The maximum absolute atomic E-state index is 10.6. The fraction of sp³-hybridized carbons (Fsp3) is 0.222. The molecule has 0 aliphatic rings.